The molecule has 0 heterocycles. The molecule has 2 N–H and O–H groups in total. The van der Waals surface area contributed by atoms with Crippen molar-refractivity contribution in [2.24, 2.45) is 5.41 Å². The molecule has 6 heteroatoms. The van der Waals surface area contributed by atoms with Crippen molar-refractivity contribution in [1.29, 1.82) is 0 Å². The number of aryl methyl sites for hydroxylation is 1. The van der Waals surface area contributed by atoms with Gasteiger partial charge in [-0.1, -0.05) is 13.8 Å². The highest BCUT2D eigenvalue weighted by atomic mass is 32.2. The average Bonchev–Trinajstić information content (AvgIpc) is 2.39. The summed E-state index contributed by atoms with van der Waals surface area (Å²) in [5.74, 6) is 0.683. The maximum absolute atomic E-state index is 12.2. The molecule has 0 saturated heterocycles. The molecule has 0 saturated carbocycles. The molecule has 0 unspecified atom stereocenters. The van der Waals surface area contributed by atoms with E-state index in [2.05, 4.69) is 4.72 Å². The minimum atomic E-state index is -3.57. The number of ether oxygens (including phenoxy) is 1. The second-order valence-electron chi connectivity index (χ2n) is 5.51. The van der Waals surface area contributed by atoms with Gasteiger partial charge in [0.1, 0.15) is 5.75 Å². The van der Waals surface area contributed by atoms with Gasteiger partial charge in [-0.05, 0) is 37.6 Å². The lowest BCUT2D eigenvalue weighted by Gasteiger charge is -2.22. The molecule has 0 amide bonds. The highest BCUT2D eigenvalue weighted by Gasteiger charge is 2.22. The van der Waals surface area contributed by atoms with Crippen LogP contribution in [0.2, 0.25) is 0 Å². The van der Waals surface area contributed by atoms with Crippen LogP contribution in [0.5, 0.6) is 5.75 Å². The van der Waals surface area contributed by atoms with E-state index in [1.54, 1.807) is 26.0 Å². The SMILES string of the molecule is CCOc1ccc(S(=O)(=O)NCC(C)(C)CO)cc1C. The van der Waals surface area contributed by atoms with Crippen molar-refractivity contribution in [3.8, 4) is 5.75 Å². The van der Waals surface area contributed by atoms with Gasteiger partial charge in [0.2, 0.25) is 10.0 Å². The summed E-state index contributed by atoms with van der Waals surface area (Å²) in [6.07, 6.45) is 0. The summed E-state index contributed by atoms with van der Waals surface area (Å²) in [5, 5.41) is 9.15. The number of rotatable bonds is 7. The molecule has 20 heavy (non-hydrogen) atoms. The fourth-order valence-electron chi connectivity index (χ4n) is 1.54. The van der Waals surface area contributed by atoms with Crippen LogP contribution in [0, 0.1) is 12.3 Å². The highest BCUT2D eigenvalue weighted by Crippen LogP contribution is 2.22. The summed E-state index contributed by atoms with van der Waals surface area (Å²) in [6.45, 7) is 7.90. The standard InChI is InChI=1S/C14H23NO4S/c1-5-19-13-7-6-12(8-11(13)2)20(17,18)15-9-14(3,4)10-16/h6-8,15-16H,5,9-10H2,1-4H3. The minimum Gasteiger partial charge on any atom is -0.494 e. The van der Waals surface area contributed by atoms with Crippen LogP contribution >= 0.6 is 0 Å². The molecule has 0 atom stereocenters. The van der Waals surface area contributed by atoms with Crippen molar-refractivity contribution in [3.05, 3.63) is 23.8 Å². The summed E-state index contributed by atoms with van der Waals surface area (Å²) in [5.41, 5.74) is 0.282. The number of nitrogens with one attached hydrogen (secondary N) is 1. The van der Waals surface area contributed by atoms with Crippen LogP contribution in [-0.4, -0.2) is 33.3 Å². The van der Waals surface area contributed by atoms with E-state index in [9.17, 15) is 8.42 Å². The fraction of sp³-hybridized carbons (Fsp3) is 0.571. The third kappa shape index (κ3) is 4.47. The third-order valence-corrected chi connectivity index (χ3v) is 4.32. The smallest absolute Gasteiger partial charge is 0.240 e. The molecule has 0 aromatic heterocycles. The molecular weight excluding hydrogens is 278 g/mol. The van der Waals surface area contributed by atoms with Crippen molar-refractivity contribution in [3.63, 3.8) is 0 Å². The summed E-state index contributed by atoms with van der Waals surface area (Å²) >= 11 is 0. The zero-order valence-electron chi connectivity index (χ0n) is 12.4. The third-order valence-electron chi connectivity index (χ3n) is 2.93. The van der Waals surface area contributed by atoms with Crippen LogP contribution in [0.4, 0.5) is 0 Å². The zero-order chi connectivity index (χ0) is 15.4. The Morgan fingerprint density at radius 2 is 2.00 bits per heavy atom. The van der Waals surface area contributed by atoms with Crippen molar-refractivity contribution in [2.45, 2.75) is 32.6 Å². The van der Waals surface area contributed by atoms with Crippen LogP contribution in [0.15, 0.2) is 23.1 Å². The van der Waals surface area contributed by atoms with Crippen LogP contribution in [0.1, 0.15) is 26.3 Å². The Morgan fingerprint density at radius 3 is 2.50 bits per heavy atom. The minimum absolute atomic E-state index is 0.0855. The van der Waals surface area contributed by atoms with E-state index >= 15 is 0 Å². The summed E-state index contributed by atoms with van der Waals surface area (Å²) < 4.78 is 32.3. The summed E-state index contributed by atoms with van der Waals surface area (Å²) in [4.78, 5) is 0.201. The Hall–Kier alpha value is -1.11. The molecule has 1 aromatic rings. The van der Waals surface area contributed by atoms with Gasteiger partial charge >= 0.3 is 0 Å². The molecule has 0 spiro atoms. The lowest BCUT2D eigenvalue weighted by atomic mass is 9.96. The Balaban J connectivity index is 2.91. The van der Waals surface area contributed by atoms with E-state index in [-0.39, 0.29) is 18.0 Å². The predicted molar refractivity (Wildman–Crippen MR) is 78.4 cm³/mol. The van der Waals surface area contributed by atoms with Gasteiger partial charge in [0, 0.05) is 18.6 Å². The van der Waals surface area contributed by atoms with Gasteiger partial charge in [0.05, 0.1) is 11.5 Å². The molecule has 1 aromatic carbocycles. The van der Waals surface area contributed by atoms with Gasteiger partial charge in [-0.2, -0.15) is 0 Å². The number of aliphatic hydroxyl groups excluding tert-OH is 1. The molecule has 1 rings (SSSR count). The van der Waals surface area contributed by atoms with Crippen molar-refractivity contribution in [2.75, 3.05) is 19.8 Å². The van der Waals surface area contributed by atoms with Crippen LogP contribution in [-0.2, 0) is 10.0 Å². The Bertz CT molecular complexity index is 552. The van der Waals surface area contributed by atoms with Gasteiger partial charge in [-0.25, -0.2) is 13.1 Å². The fourth-order valence-corrected chi connectivity index (χ4v) is 2.86. The van der Waals surface area contributed by atoms with E-state index in [0.717, 1.165) is 5.56 Å². The van der Waals surface area contributed by atoms with Gasteiger partial charge in [0.15, 0.2) is 0 Å². The van der Waals surface area contributed by atoms with Gasteiger partial charge < -0.3 is 9.84 Å². The zero-order valence-corrected chi connectivity index (χ0v) is 13.3. The predicted octanol–water partition coefficient (Wildman–Crippen LogP) is 1.69. The molecule has 0 fully saturated rings. The van der Waals surface area contributed by atoms with Crippen molar-refractivity contribution < 1.29 is 18.3 Å². The van der Waals surface area contributed by atoms with Crippen molar-refractivity contribution in [1.82, 2.24) is 4.72 Å². The molecule has 0 aliphatic rings. The van der Waals surface area contributed by atoms with Gasteiger partial charge in [-0.15, -0.1) is 0 Å². The quantitative estimate of drug-likeness (QED) is 0.803. The number of hydrogen-bond acceptors (Lipinski definition) is 4. The number of benzene rings is 1. The summed E-state index contributed by atoms with van der Waals surface area (Å²) in [6, 6.07) is 4.76. The Labute approximate surface area is 121 Å². The largest absolute Gasteiger partial charge is 0.494 e. The van der Waals surface area contributed by atoms with E-state index in [4.69, 9.17) is 9.84 Å². The molecule has 0 aliphatic carbocycles. The first-order chi connectivity index (χ1) is 9.22. The Morgan fingerprint density at radius 1 is 1.35 bits per heavy atom. The molecule has 0 bridgehead atoms. The normalized spacial score (nSPS) is 12.4. The van der Waals surface area contributed by atoms with E-state index < -0.39 is 15.4 Å². The Kier molecular flexibility index (Phi) is 5.56. The molecular formula is C14H23NO4S. The first kappa shape index (κ1) is 16.9. The number of aliphatic hydroxyl groups is 1. The summed E-state index contributed by atoms with van der Waals surface area (Å²) in [7, 11) is -3.57. The van der Waals surface area contributed by atoms with E-state index in [1.807, 2.05) is 13.8 Å². The molecule has 0 aliphatic heterocycles. The second-order valence-corrected chi connectivity index (χ2v) is 7.27. The number of hydrogen-bond donors (Lipinski definition) is 2. The van der Waals surface area contributed by atoms with Gasteiger partial charge in [0.25, 0.3) is 0 Å². The lowest BCUT2D eigenvalue weighted by Crippen LogP contribution is -2.36. The second kappa shape index (κ2) is 6.56. The lowest BCUT2D eigenvalue weighted by molar-refractivity contribution is 0.163. The van der Waals surface area contributed by atoms with Crippen LogP contribution in [0.25, 0.3) is 0 Å². The first-order valence-corrected chi connectivity index (χ1v) is 8.04. The van der Waals surface area contributed by atoms with Crippen LogP contribution in [0.3, 0.4) is 0 Å². The maximum atomic E-state index is 12.2. The number of sulfonamides is 1. The molecule has 5 nitrogen and oxygen atoms in total. The van der Waals surface area contributed by atoms with Crippen molar-refractivity contribution >= 4 is 10.0 Å². The van der Waals surface area contributed by atoms with E-state index in [1.165, 1.54) is 6.07 Å². The first-order valence-electron chi connectivity index (χ1n) is 6.56. The average molecular weight is 301 g/mol. The van der Waals surface area contributed by atoms with Gasteiger partial charge in [-0.3, -0.25) is 0 Å². The maximum Gasteiger partial charge on any atom is 0.240 e. The monoisotopic (exact) mass is 301 g/mol. The highest BCUT2D eigenvalue weighted by molar-refractivity contribution is 7.89. The van der Waals surface area contributed by atoms with Crippen LogP contribution < -0.4 is 9.46 Å². The van der Waals surface area contributed by atoms with E-state index in [0.29, 0.717) is 12.4 Å². The molecule has 0 radical (unpaired) electrons. The topological polar surface area (TPSA) is 75.6 Å². The molecule has 114 valence electrons.